The quantitative estimate of drug-likeness (QED) is 0.382. The SMILES string of the molecule is C(=CC1(c2ccccc2)C=Cc2c(ccc3ccccc23)O1)c1cccs1. The Morgan fingerprint density at radius 3 is 2.52 bits per heavy atom. The molecule has 1 aliphatic heterocycles. The third kappa shape index (κ3) is 2.88. The highest BCUT2D eigenvalue weighted by atomic mass is 32.1. The van der Waals surface area contributed by atoms with Gasteiger partial charge in [-0.25, -0.2) is 0 Å². The van der Waals surface area contributed by atoms with Gasteiger partial charge in [-0.3, -0.25) is 0 Å². The molecule has 0 spiro atoms. The van der Waals surface area contributed by atoms with Crippen molar-refractivity contribution in [3.05, 3.63) is 112 Å². The van der Waals surface area contributed by atoms with E-state index >= 15 is 0 Å². The van der Waals surface area contributed by atoms with Crippen molar-refractivity contribution in [2.75, 3.05) is 0 Å². The summed E-state index contributed by atoms with van der Waals surface area (Å²) in [4.78, 5) is 1.21. The van der Waals surface area contributed by atoms with Crippen molar-refractivity contribution in [3.63, 3.8) is 0 Å². The molecule has 0 bridgehead atoms. The van der Waals surface area contributed by atoms with E-state index in [0.717, 1.165) is 16.9 Å². The number of thiophene rings is 1. The van der Waals surface area contributed by atoms with Gasteiger partial charge in [0.15, 0.2) is 5.60 Å². The van der Waals surface area contributed by atoms with E-state index in [1.165, 1.54) is 15.6 Å². The van der Waals surface area contributed by atoms with Crippen LogP contribution in [0.25, 0.3) is 22.9 Å². The fourth-order valence-electron chi connectivity index (χ4n) is 3.59. The van der Waals surface area contributed by atoms with Crippen molar-refractivity contribution in [1.82, 2.24) is 0 Å². The van der Waals surface area contributed by atoms with Crippen molar-refractivity contribution in [3.8, 4) is 5.75 Å². The van der Waals surface area contributed by atoms with E-state index in [0.29, 0.717) is 0 Å². The minimum Gasteiger partial charge on any atom is -0.474 e. The normalized spacial score (nSPS) is 18.5. The van der Waals surface area contributed by atoms with Gasteiger partial charge in [-0.1, -0.05) is 66.7 Å². The Hall–Kier alpha value is -3.10. The molecule has 1 aromatic heterocycles. The monoisotopic (exact) mass is 366 g/mol. The maximum Gasteiger partial charge on any atom is 0.171 e. The maximum absolute atomic E-state index is 6.64. The second-order valence-corrected chi connectivity index (χ2v) is 7.62. The lowest BCUT2D eigenvalue weighted by atomic mass is 9.88. The van der Waals surface area contributed by atoms with Crippen LogP contribution in [0.4, 0.5) is 0 Å². The molecule has 2 heterocycles. The smallest absolute Gasteiger partial charge is 0.171 e. The lowest BCUT2D eigenvalue weighted by Gasteiger charge is -2.33. The molecule has 0 saturated carbocycles. The summed E-state index contributed by atoms with van der Waals surface area (Å²) in [6.07, 6.45) is 8.67. The first kappa shape index (κ1) is 16.1. The maximum atomic E-state index is 6.64. The molecular weight excluding hydrogens is 348 g/mol. The van der Waals surface area contributed by atoms with Gasteiger partial charge in [0.05, 0.1) is 0 Å². The minimum absolute atomic E-state index is 0.610. The summed E-state index contributed by atoms with van der Waals surface area (Å²) < 4.78 is 6.64. The second kappa shape index (κ2) is 6.57. The first-order valence-corrected chi connectivity index (χ1v) is 9.90. The molecule has 0 amide bonds. The van der Waals surface area contributed by atoms with Crippen LogP contribution in [0.3, 0.4) is 0 Å². The van der Waals surface area contributed by atoms with Crippen LogP contribution in [-0.2, 0) is 5.60 Å². The van der Waals surface area contributed by atoms with E-state index in [1.807, 2.05) is 6.07 Å². The van der Waals surface area contributed by atoms with Gasteiger partial charge in [-0.2, -0.15) is 0 Å². The fraction of sp³-hybridized carbons (Fsp3) is 0.0400. The van der Waals surface area contributed by atoms with Gasteiger partial charge in [-0.05, 0) is 52.6 Å². The molecule has 0 aliphatic carbocycles. The van der Waals surface area contributed by atoms with Crippen LogP contribution in [0, 0.1) is 0 Å². The molecule has 130 valence electrons. The summed E-state index contributed by atoms with van der Waals surface area (Å²) >= 11 is 1.73. The van der Waals surface area contributed by atoms with E-state index < -0.39 is 5.60 Å². The van der Waals surface area contributed by atoms with Gasteiger partial charge in [0.1, 0.15) is 5.75 Å². The predicted molar refractivity (Wildman–Crippen MR) is 115 cm³/mol. The lowest BCUT2D eigenvalue weighted by Crippen LogP contribution is -2.30. The highest BCUT2D eigenvalue weighted by Gasteiger charge is 2.32. The molecule has 3 aromatic carbocycles. The summed E-state index contributed by atoms with van der Waals surface area (Å²) in [5.41, 5.74) is 1.65. The van der Waals surface area contributed by atoms with Gasteiger partial charge in [0.2, 0.25) is 0 Å². The van der Waals surface area contributed by atoms with Gasteiger partial charge in [-0.15, -0.1) is 11.3 Å². The van der Waals surface area contributed by atoms with Crippen molar-refractivity contribution in [2.45, 2.75) is 5.60 Å². The number of fused-ring (bicyclic) bond motifs is 3. The molecule has 0 saturated heterocycles. The van der Waals surface area contributed by atoms with Crippen molar-refractivity contribution < 1.29 is 4.74 Å². The van der Waals surface area contributed by atoms with Crippen molar-refractivity contribution >= 4 is 34.3 Å². The van der Waals surface area contributed by atoms with Crippen LogP contribution in [0.5, 0.6) is 5.75 Å². The zero-order valence-corrected chi connectivity index (χ0v) is 15.5. The standard InChI is InChI=1S/C25H18OS/c1-2-8-20(9-3-1)25(16-14-21-10-6-18-27-21)17-15-23-22-11-5-4-7-19(22)12-13-24(23)26-25/h1-18H. The van der Waals surface area contributed by atoms with Crippen molar-refractivity contribution in [2.24, 2.45) is 0 Å². The Bertz CT molecular complexity index is 1140. The predicted octanol–water partition coefficient (Wildman–Crippen LogP) is 6.92. The molecule has 0 radical (unpaired) electrons. The van der Waals surface area contributed by atoms with Crippen LogP contribution in [-0.4, -0.2) is 0 Å². The number of ether oxygens (including phenoxy) is 1. The minimum atomic E-state index is -0.610. The van der Waals surface area contributed by atoms with E-state index in [-0.39, 0.29) is 0 Å². The Morgan fingerprint density at radius 1 is 0.815 bits per heavy atom. The van der Waals surface area contributed by atoms with E-state index in [4.69, 9.17) is 4.74 Å². The average molecular weight is 366 g/mol. The molecule has 2 heteroatoms. The number of benzene rings is 3. The molecule has 1 unspecified atom stereocenters. The summed E-state index contributed by atoms with van der Waals surface area (Å²) in [6.45, 7) is 0. The van der Waals surface area contributed by atoms with Crippen LogP contribution >= 0.6 is 11.3 Å². The molecule has 5 rings (SSSR count). The number of rotatable bonds is 3. The topological polar surface area (TPSA) is 9.23 Å². The van der Waals surface area contributed by atoms with E-state index in [1.54, 1.807) is 11.3 Å². The fourth-order valence-corrected chi connectivity index (χ4v) is 4.21. The number of hydrogen-bond acceptors (Lipinski definition) is 2. The summed E-state index contributed by atoms with van der Waals surface area (Å²) in [5.74, 6) is 0.913. The third-order valence-electron chi connectivity index (χ3n) is 4.97. The zero-order chi connectivity index (χ0) is 18.1. The van der Waals surface area contributed by atoms with Crippen molar-refractivity contribution in [1.29, 1.82) is 0 Å². The molecule has 1 nitrogen and oxygen atoms in total. The Labute approximate surface area is 162 Å². The Morgan fingerprint density at radius 2 is 1.67 bits per heavy atom. The molecule has 4 aromatic rings. The van der Waals surface area contributed by atoms with Gasteiger partial charge >= 0.3 is 0 Å². The molecular formula is C25H18OS. The lowest BCUT2D eigenvalue weighted by molar-refractivity contribution is 0.171. The summed E-state index contributed by atoms with van der Waals surface area (Å²) in [6, 6.07) is 27.2. The molecule has 0 N–H and O–H groups in total. The molecule has 0 fully saturated rings. The van der Waals surface area contributed by atoms with Crippen LogP contribution in [0.1, 0.15) is 16.0 Å². The largest absolute Gasteiger partial charge is 0.474 e. The molecule has 27 heavy (non-hydrogen) atoms. The summed E-state index contributed by atoms with van der Waals surface area (Å²) in [5, 5.41) is 4.54. The Balaban J connectivity index is 1.65. The van der Waals surface area contributed by atoms with Gasteiger partial charge in [0.25, 0.3) is 0 Å². The Kier molecular flexibility index (Phi) is 3.92. The molecule has 1 aliphatic rings. The first-order valence-electron chi connectivity index (χ1n) is 9.02. The van der Waals surface area contributed by atoms with E-state index in [2.05, 4.69) is 102 Å². The highest BCUT2D eigenvalue weighted by Crippen LogP contribution is 2.41. The first-order chi connectivity index (χ1) is 13.3. The van der Waals surface area contributed by atoms with Crippen LogP contribution in [0.15, 0.2) is 96.4 Å². The van der Waals surface area contributed by atoms with Crippen LogP contribution in [0.2, 0.25) is 0 Å². The highest BCUT2D eigenvalue weighted by molar-refractivity contribution is 7.10. The average Bonchev–Trinajstić information content (AvgIpc) is 3.26. The second-order valence-electron chi connectivity index (χ2n) is 6.64. The third-order valence-corrected chi connectivity index (χ3v) is 5.81. The summed E-state index contributed by atoms with van der Waals surface area (Å²) in [7, 11) is 0. The zero-order valence-electron chi connectivity index (χ0n) is 14.7. The van der Waals surface area contributed by atoms with E-state index in [9.17, 15) is 0 Å². The van der Waals surface area contributed by atoms with Gasteiger partial charge < -0.3 is 4.74 Å². The number of hydrogen-bond donors (Lipinski definition) is 0. The molecule has 1 atom stereocenters. The van der Waals surface area contributed by atoms with Gasteiger partial charge in [0, 0.05) is 16.0 Å². The van der Waals surface area contributed by atoms with Crippen LogP contribution < -0.4 is 4.74 Å².